The molecule has 1 fully saturated rings. The van der Waals surface area contributed by atoms with Crippen LogP contribution in [0, 0.1) is 17.6 Å². The van der Waals surface area contributed by atoms with E-state index in [0.29, 0.717) is 13.0 Å². The van der Waals surface area contributed by atoms with Gasteiger partial charge in [0.1, 0.15) is 0 Å². The number of hydrogen-bond acceptors (Lipinski definition) is 2. The Bertz CT molecular complexity index is 733. The molecule has 2 aromatic carbocycles. The zero-order valence-corrected chi connectivity index (χ0v) is 12.4. The van der Waals surface area contributed by atoms with Gasteiger partial charge in [0.15, 0.2) is 11.6 Å². The van der Waals surface area contributed by atoms with Crippen LogP contribution in [0.1, 0.15) is 29.0 Å². The molecule has 0 unspecified atom stereocenters. The molecule has 0 saturated heterocycles. The lowest BCUT2D eigenvalue weighted by Crippen LogP contribution is -2.25. The van der Waals surface area contributed by atoms with Gasteiger partial charge < -0.3 is 10.4 Å². The minimum absolute atomic E-state index is 0.0503. The summed E-state index contributed by atoms with van der Waals surface area (Å²) in [6.07, 6.45) is 0.531. The molecule has 3 nitrogen and oxygen atoms in total. The molecular weight excluding hydrogens is 300 g/mol. The summed E-state index contributed by atoms with van der Waals surface area (Å²) in [5, 5.41) is 11.9. The first-order valence-corrected chi connectivity index (χ1v) is 7.50. The third kappa shape index (κ3) is 3.40. The number of nitrogens with one attached hydrogen (secondary N) is 1. The van der Waals surface area contributed by atoms with Gasteiger partial charge in [-0.2, -0.15) is 0 Å². The zero-order valence-electron chi connectivity index (χ0n) is 12.4. The average Bonchev–Trinajstić information content (AvgIpc) is 3.36. The van der Waals surface area contributed by atoms with Crippen LogP contribution in [0.4, 0.5) is 8.78 Å². The zero-order chi connectivity index (χ0) is 16.4. The molecule has 0 heterocycles. The Morgan fingerprint density at radius 2 is 1.91 bits per heavy atom. The highest BCUT2D eigenvalue weighted by Gasteiger charge is 2.45. The lowest BCUT2D eigenvalue weighted by atomic mass is 10.1. The third-order valence-corrected chi connectivity index (χ3v) is 4.15. The van der Waals surface area contributed by atoms with E-state index in [1.165, 1.54) is 12.1 Å². The third-order valence-electron chi connectivity index (χ3n) is 4.15. The minimum atomic E-state index is -0.880. The predicted octanol–water partition coefficient (Wildman–Crippen LogP) is 2.88. The lowest BCUT2D eigenvalue weighted by molar-refractivity contribution is -0.122. The Labute approximate surface area is 133 Å². The smallest absolute Gasteiger partial charge is 0.224 e. The Morgan fingerprint density at radius 1 is 1.17 bits per heavy atom. The van der Waals surface area contributed by atoms with Crippen LogP contribution >= 0.6 is 0 Å². The predicted molar refractivity (Wildman–Crippen MR) is 81.4 cm³/mol. The van der Waals surface area contributed by atoms with Crippen LogP contribution in [0.25, 0.3) is 0 Å². The summed E-state index contributed by atoms with van der Waals surface area (Å²) in [5.74, 6) is -2.47. The molecule has 120 valence electrons. The van der Waals surface area contributed by atoms with Gasteiger partial charge in [-0.15, -0.1) is 0 Å². The van der Waals surface area contributed by atoms with E-state index in [2.05, 4.69) is 5.32 Å². The number of halogens is 2. The number of amides is 1. The topological polar surface area (TPSA) is 49.3 Å². The van der Waals surface area contributed by atoms with E-state index in [0.717, 1.165) is 17.2 Å². The number of carbonyl (C=O) groups excluding carboxylic acids is 1. The van der Waals surface area contributed by atoms with Crippen molar-refractivity contribution in [3.05, 3.63) is 70.8 Å². The molecule has 1 saturated carbocycles. The summed E-state index contributed by atoms with van der Waals surface area (Å²) in [5.41, 5.74) is 1.94. The number of aliphatic hydroxyl groups is 1. The molecule has 0 aromatic heterocycles. The van der Waals surface area contributed by atoms with E-state index in [-0.39, 0.29) is 29.9 Å². The molecule has 0 bridgehead atoms. The maximum Gasteiger partial charge on any atom is 0.224 e. The van der Waals surface area contributed by atoms with Gasteiger partial charge in [0, 0.05) is 12.5 Å². The minimum Gasteiger partial charge on any atom is -0.392 e. The molecule has 2 atom stereocenters. The normalized spacial score (nSPS) is 19.4. The van der Waals surface area contributed by atoms with Crippen molar-refractivity contribution in [2.24, 2.45) is 5.92 Å². The number of aliphatic hydroxyl groups excluding tert-OH is 1. The Balaban J connectivity index is 1.59. The largest absolute Gasteiger partial charge is 0.392 e. The molecule has 0 radical (unpaired) electrons. The Kier molecular flexibility index (Phi) is 4.39. The first-order valence-electron chi connectivity index (χ1n) is 7.50. The second-order valence-corrected chi connectivity index (χ2v) is 5.79. The van der Waals surface area contributed by atoms with Crippen molar-refractivity contribution >= 4 is 5.91 Å². The van der Waals surface area contributed by atoms with Gasteiger partial charge in [0.2, 0.25) is 5.91 Å². The molecule has 0 aliphatic heterocycles. The quantitative estimate of drug-likeness (QED) is 0.891. The molecular formula is C18H17F2NO2. The van der Waals surface area contributed by atoms with Crippen LogP contribution in [-0.4, -0.2) is 11.0 Å². The van der Waals surface area contributed by atoms with E-state index in [9.17, 15) is 13.6 Å². The van der Waals surface area contributed by atoms with E-state index in [4.69, 9.17) is 5.11 Å². The monoisotopic (exact) mass is 317 g/mol. The number of rotatable bonds is 5. The molecule has 2 N–H and O–H groups in total. The van der Waals surface area contributed by atoms with Gasteiger partial charge in [-0.05, 0) is 35.1 Å². The van der Waals surface area contributed by atoms with Crippen LogP contribution in [-0.2, 0) is 17.9 Å². The molecule has 1 aliphatic carbocycles. The van der Waals surface area contributed by atoms with E-state index in [1.807, 2.05) is 18.2 Å². The Morgan fingerprint density at radius 3 is 2.70 bits per heavy atom. The van der Waals surface area contributed by atoms with Gasteiger partial charge >= 0.3 is 0 Å². The molecule has 0 spiro atoms. The van der Waals surface area contributed by atoms with Gasteiger partial charge in [0.25, 0.3) is 0 Å². The fourth-order valence-corrected chi connectivity index (χ4v) is 2.79. The van der Waals surface area contributed by atoms with Crippen molar-refractivity contribution in [1.82, 2.24) is 5.32 Å². The average molecular weight is 317 g/mol. The Hall–Kier alpha value is -2.27. The van der Waals surface area contributed by atoms with Crippen molar-refractivity contribution in [3.8, 4) is 0 Å². The second kappa shape index (κ2) is 6.46. The summed E-state index contributed by atoms with van der Waals surface area (Å²) in [7, 11) is 0. The fourth-order valence-electron chi connectivity index (χ4n) is 2.79. The van der Waals surface area contributed by atoms with E-state index < -0.39 is 11.6 Å². The highest BCUT2D eigenvalue weighted by atomic mass is 19.2. The fraction of sp³-hybridized carbons (Fsp3) is 0.278. The number of hydrogen-bond donors (Lipinski definition) is 2. The van der Waals surface area contributed by atoms with Gasteiger partial charge in [-0.3, -0.25) is 4.79 Å². The van der Waals surface area contributed by atoms with Crippen molar-refractivity contribution in [2.75, 3.05) is 0 Å². The maximum absolute atomic E-state index is 13.7. The summed E-state index contributed by atoms with van der Waals surface area (Å²) >= 11 is 0. The summed E-state index contributed by atoms with van der Waals surface area (Å²) < 4.78 is 27.0. The highest BCUT2D eigenvalue weighted by Crippen LogP contribution is 2.48. The molecule has 2 aromatic rings. The van der Waals surface area contributed by atoms with E-state index in [1.54, 1.807) is 6.07 Å². The summed E-state index contributed by atoms with van der Waals surface area (Å²) in [6.45, 7) is 0.298. The van der Waals surface area contributed by atoms with Gasteiger partial charge in [0.05, 0.1) is 6.61 Å². The number of carbonyl (C=O) groups is 1. The van der Waals surface area contributed by atoms with E-state index >= 15 is 0 Å². The summed E-state index contributed by atoms with van der Waals surface area (Å²) in [6, 6.07) is 11.4. The van der Waals surface area contributed by atoms with Crippen molar-refractivity contribution in [1.29, 1.82) is 0 Å². The highest BCUT2D eigenvalue weighted by molar-refractivity contribution is 5.82. The molecule has 5 heteroatoms. The van der Waals surface area contributed by atoms with Crippen LogP contribution in [0.3, 0.4) is 0 Å². The first kappa shape index (κ1) is 15.6. The second-order valence-electron chi connectivity index (χ2n) is 5.79. The molecule has 1 amide bonds. The van der Waals surface area contributed by atoms with Gasteiger partial charge in [-0.25, -0.2) is 8.78 Å². The van der Waals surface area contributed by atoms with Crippen molar-refractivity contribution < 1.29 is 18.7 Å². The van der Waals surface area contributed by atoms with Crippen LogP contribution < -0.4 is 5.32 Å². The van der Waals surface area contributed by atoms with Crippen LogP contribution in [0.15, 0.2) is 42.5 Å². The lowest BCUT2D eigenvalue weighted by Gasteiger charge is -2.07. The molecule has 23 heavy (non-hydrogen) atoms. The number of benzene rings is 2. The SMILES string of the molecule is O=C(NCc1cccc(CO)c1)[C@@H]1C[C@@H]1c1cccc(F)c1F. The van der Waals surface area contributed by atoms with Gasteiger partial charge in [-0.1, -0.05) is 36.4 Å². The maximum atomic E-state index is 13.7. The molecule has 1 aliphatic rings. The van der Waals surface area contributed by atoms with Crippen LogP contribution in [0.5, 0.6) is 0 Å². The van der Waals surface area contributed by atoms with Crippen LogP contribution in [0.2, 0.25) is 0 Å². The van der Waals surface area contributed by atoms with Crippen molar-refractivity contribution in [3.63, 3.8) is 0 Å². The summed E-state index contributed by atoms with van der Waals surface area (Å²) in [4.78, 5) is 12.1. The molecule has 3 rings (SSSR count). The first-order chi connectivity index (χ1) is 11.1. The standard InChI is InChI=1S/C18H17F2NO2/c19-16-6-2-5-13(17(16)20)14-8-15(14)18(23)21-9-11-3-1-4-12(7-11)10-22/h1-7,14-15,22H,8-10H2,(H,21,23)/t14-,15-/m1/s1. The van der Waals surface area contributed by atoms with Crippen molar-refractivity contribution in [2.45, 2.75) is 25.5 Å².